The van der Waals surface area contributed by atoms with Crippen molar-refractivity contribution in [2.45, 2.75) is 117 Å². The van der Waals surface area contributed by atoms with E-state index in [9.17, 15) is 24.0 Å². The lowest BCUT2D eigenvalue weighted by Gasteiger charge is -2.37. The molecule has 2 aromatic carbocycles. The number of hydrogen-bond donors (Lipinski definition) is 2. The Morgan fingerprint density at radius 1 is 0.971 bits per heavy atom. The van der Waals surface area contributed by atoms with Gasteiger partial charge >= 0.3 is 5.97 Å². The third-order valence-electron chi connectivity index (χ3n) is 14.3. The molecule has 2 fully saturated rings. The quantitative estimate of drug-likeness (QED) is 0.152. The molecule has 3 aliphatic heterocycles. The first-order valence-corrected chi connectivity index (χ1v) is 24.5. The van der Waals surface area contributed by atoms with Crippen molar-refractivity contribution in [3.8, 4) is 34.2 Å². The number of carbonyl (C=O) groups excluding carboxylic acids is 5. The lowest BCUT2D eigenvalue weighted by molar-refractivity contribution is -0.155. The number of cyclic esters (lactones) is 1. The predicted molar refractivity (Wildman–Crippen MR) is 269 cm³/mol. The second-order valence-electron chi connectivity index (χ2n) is 21.5. The lowest BCUT2D eigenvalue weighted by atomic mass is 9.84. The molecule has 6 bridgehead atoms. The van der Waals surface area contributed by atoms with Crippen molar-refractivity contribution in [2.75, 3.05) is 47.4 Å². The number of hydrazine groups is 1. The zero-order chi connectivity index (χ0) is 50.1. The van der Waals surface area contributed by atoms with Crippen LogP contribution in [0.15, 0.2) is 60.8 Å². The number of amides is 4. The fourth-order valence-electron chi connectivity index (χ4n) is 9.97. The second kappa shape index (κ2) is 20.5. The number of carbonyl (C=O) groups is 5. The highest BCUT2D eigenvalue weighted by Gasteiger charge is 2.40. The van der Waals surface area contributed by atoms with E-state index in [-0.39, 0.29) is 43.2 Å². The van der Waals surface area contributed by atoms with Crippen molar-refractivity contribution < 1.29 is 28.7 Å². The molecule has 4 amide bonds. The number of pyridine rings is 1. The SMILES string of the molecule is CC(C)c1ncccc1-c1c2c3cc(ccc3n1C)-c1cccc(c1)C[C@H](NC(=O)[C@H](C(C)C)N(C)C(=O)[C@H]1CCN(C(=O)C#CC(C)(C)N(C)C)C1)C(=O)N1CCC[C@H](N1)C(=O)OCC(C)(C)C2. The number of fused-ring (bicyclic) bond motifs is 6. The fourth-order valence-corrected chi connectivity index (χ4v) is 9.97. The van der Waals surface area contributed by atoms with Gasteiger partial charge in [0, 0.05) is 68.2 Å². The topological polar surface area (TPSA) is 149 Å². The van der Waals surface area contributed by atoms with Crippen molar-refractivity contribution in [1.82, 2.24) is 40.0 Å². The molecule has 368 valence electrons. The summed E-state index contributed by atoms with van der Waals surface area (Å²) in [4.78, 5) is 80.5. The summed E-state index contributed by atoms with van der Waals surface area (Å²) in [6, 6.07) is 15.9. The molecule has 5 heterocycles. The molecular formula is C55H72N8O6. The summed E-state index contributed by atoms with van der Waals surface area (Å²) < 4.78 is 8.37. The van der Waals surface area contributed by atoms with Gasteiger partial charge in [-0.15, -0.1) is 0 Å². The van der Waals surface area contributed by atoms with Gasteiger partial charge in [0.15, 0.2) is 0 Å². The number of nitrogens with zero attached hydrogens (tertiary/aromatic N) is 6. The Hall–Kier alpha value is -6.04. The van der Waals surface area contributed by atoms with Gasteiger partial charge in [-0.25, -0.2) is 5.43 Å². The summed E-state index contributed by atoms with van der Waals surface area (Å²) in [6.45, 7) is 17.2. The molecule has 0 unspecified atom stereocenters. The Labute approximate surface area is 408 Å². The number of ether oxygens (including phenoxy) is 1. The summed E-state index contributed by atoms with van der Waals surface area (Å²) >= 11 is 0. The molecular weight excluding hydrogens is 869 g/mol. The molecule has 0 aliphatic carbocycles. The number of aromatic nitrogens is 2. The van der Waals surface area contributed by atoms with Gasteiger partial charge in [-0.2, -0.15) is 0 Å². The Balaban J connectivity index is 1.22. The predicted octanol–water partition coefficient (Wildman–Crippen LogP) is 6.35. The van der Waals surface area contributed by atoms with Crippen molar-refractivity contribution in [2.24, 2.45) is 24.3 Å². The zero-order valence-electron chi connectivity index (χ0n) is 42.7. The van der Waals surface area contributed by atoms with Crippen molar-refractivity contribution >= 4 is 40.5 Å². The summed E-state index contributed by atoms with van der Waals surface area (Å²) in [5.74, 6) is 3.27. The monoisotopic (exact) mass is 941 g/mol. The molecule has 0 spiro atoms. The number of aryl methyl sites for hydroxylation is 1. The van der Waals surface area contributed by atoms with Gasteiger partial charge in [-0.3, -0.25) is 38.9 Å². The van der Waals surface area contributed by atoms with E-state index in [2.05, 4.69) is 98.3 Å². The summed E-state index contributed by atoms with van der Waals surface area (Å²) in [5, 5.41) is 5.62. The lowest BCUT2D eigenvalue weighted by Crippen LogP contribution is -2.62. The highest BCUT2D eigenvalue weighted by molar-refractivity contribution is 5.97. The standard InChI is InChI=1S/C55H72N8O6/c1-34(2)47-40(18-14-25-56-47)49-42-31-54(5,6)33-69-53(68)43-19-15-26-63(58-43)52(67)44(29-36-16-13-17-37(28-36)38-20-21-45(60(49)11)41(42)30-38)57-50(65)48(35(3)4)61(12)51(66)39-23-27-62(32-39)46(64)22-24-55(7,8)59(9)10/h13-14,16-18,20-21,25,28,30,34-35,39,43-44,48,58H,15,19,23,26-27,29,31-33H2,1-12H3,(H,57,65)/t39-,43-,44-,48-/m0/s1. The fraction of sp³-hybridized carbons (Fsp3) is 0.527. The molecule has 4 aromatic rings. The Bertz CT molecular complexity index is 2670. The number of nitrogens with one attached hydrogen (secondary N) is 2. The van der Waals surface area contributed by atoms with Crippen molar-refractivity contribution in [1.29, 1.82) is 0 Å². The molecule has 4 atom stereocenters. The highest BCUT2D eigenvalue weighted by Crippen LogP contribution is 2.41. The normalized spacial score (nSPS) is 20.4. The number of likely N-dealkylation sites (tertiary alicyclic amines) is 1. The minimum absolute atomic E-state index is 0.149. The maximum absolute atomic E-state index is 14.8. The maximum atomic E-state index is 14.8. The largest absolute Gasteiger partial charge is 0.464 e. The van der Waals surface area contributed by atoms with Crippen LogP contribution in [0.25, 0.3) is 33.3 Å². The Morgan fingerprint density at radius 2 is 1.71 bits per heavy atom. The number of esters is 1. The Morgan fingerprint density at radius 3 is 2.42 bits per heavy atom. The van der Waals surface area contributed by atoms with Crippen LogP contribution in [0, 0.1) is 29.1 Å². The van der Waals surface area contributed by atoms with Crippen LogP contribution in [0.1, 0.15) is 97.4 Å². The van der Waals surface area contributed by atoms with Gasteiger partial charge in [0.05, 0.1) is 29.5 Å². The van der Waals surface area contributed by atoms with Gasteiger partial charge in [0.2, 0.25) is 11.8 Å². The number of likely N-dealkylation sites (N-methyl/N-ethyl adjacent to an activating group) is 1. The van der Waals surface area contributed by atoms with Gasteiger partial charge in [-0.1, -0.05) is 77.8 Å². The van der Waals surface area contributed by atoms with Gasteiger partial charge < -0.3 is 24.4 Å². The van der Waals surface area contributed by atoms with E-state index in [1.54, 1.807) is 11.9 Å². The number of benzene rings is 2. The van der Waals surface area contributed by atoms with Crippen molar-refractivity contribution in [3.05, 3.63) is 77.6 Å². The Kier molecular flexibility index (Phi) is 15.1. The van der Waals surface area contributed by atoms with Crippen LogP contribution >= 0.6 is 0 Å². The molecule has 2 saturated heterocycles. The average Bonchev–Trinajstić information content (AvgIpc) is 3.91. The molecule has 3 aliphatic rings. The van der Waals surface area contributed by atoms with E-state index in [4.69, 9.17) is 9.72 Å². The number of hydrogen-bond acceptors (Lipinski definition) is 9. The maximum Gasteiger partial charge on any atom is 0.324 e. The van der Waals surface area contributed by atoms with E-state index in [0.717, 1.165) is 50.1 Å². The molecule has 0 saturated carbocycles. The molecule has 69 heavy (non-hydrogen) atoms. The van der Waals surface area contributed by atoms with Crippen LogP contribution in [-0.2, 0) is 48.6 Å². The van der Waals surface area contributed by atoms with Gasteiger partial charge in [0.1, 0.15) is 18.1 Å². The van der Waals surface area contributed by atoms with E-state index >= 15 is 0 Å². The third kappa shape index (κ3) is 11.1. The van der Waals surface area contributed by atoms with E-state index in [1.165, 1.54) is 9.91 Å². The third-order valence-corrected chi connectivity index (χ3v) is 14.3. The van der Waals surface area contributed by atoms with Crippen molar-refractivity contribution in [3.63, 3.8) is 0 Å². The van der Waals surface area contributed by atoms with Gasteiger partial charge in [0.25, 0.3) is 11.8 Å². The minimum Gasteiger partial charge on any atom is -0.464 e. The van der Waals surface area contributed by atoms with Crippen LogP contribution in [0.2, 0.25) is 0 Å². The average molecular weight is 941 g/mol. The van der Waals surface area contributed by atoms with E-state index < -0.39 is 52.8 Å². The molecule has 7 rings (SSSR count). The highest BCUT2D eigenvalue weighted by atomic mass is 16.5. The summed E-state index contributed by atoms with van der Waals surface area (Å²) in [7, 11) is 7.52. The summed E-state index contributed by atoms with van der Waals surface area (Å²) in [5.41, 5.74) is 10.3. The first-order chi connectivity index (χ1) is 32.6. The first kappa shape index (κ1) is 50.8. The van der Waals surface area contributed by atoms with Crippen LogP contribution in [0.4, 0.5) is 0 Å². The molecule has 2 aromatic heterocycles. The van der Waals surface area contributed by atoms with Crippen LogP contribution in [0.5, 0.6) is 0 Å². The van der Waals surface area contributed by atoms with E-state index in [1.807, 2.05) is 71.1 Å². The minimum atomic E-state index is -1.05. The zero-order valence-corrected chi connectivity index (χ0v) is 42.7. The van der Waals surface area contributed by atoms with Crippen LogP contribution in [-0.4, -0.2) is 130 Å². The molecule has 14 heteroatoms. The molecule has 0 radical (unpaired) electrons. The molecule has 14 nitrogen and oxygen atoms in total. The second-order valence-corrected chi connectivity index (χ2v) is 21.5. The summed E-state index contributed by atoms with van der Waals surface area (Å²) in [6.07, 6.45) is 4.09. The smallest absolute Gasteiger partial charge is 0.324 e. The molecule has 2 N–H and O–H groups in total. The number of rotatable bonds is 8. The van der Waals surface area contributed by atoms with E-state index in [0.29, 0.717) is 38.8 Å². The van der Waals surface area contributed by atoms with Crippen LogP contribution in [0.3, 0.4) is 0 Å². The first-order valence-electron chi connectivity index (χ1n) is 24.5. The van der Waals surface area contributed by atoms with Gasteiger partial charge in [-0.05, 0) is 118 Å². The van der Waals surface area contributed by atoms with Crippen LogP contribution < -0.4 is 10.7 Å².